The van der Waals surface area contributed by atoms with Gasteiger partial charge in [-0.05, 0) is 56.9 Å². The Morgan fingerprint density at radius 3 is 2.40 bits per heavy atom. The van der Waals surface area contributed by atoms with Gasteiger partial charge in [-0.25, -0.2) is 0 Å². The van der Waals surface area contributed by atoms with Crippen LogP contribution in [0.2, 0.25) is 0 Å². The normalized spacial score (nSPS) is 18.6. The van der Waals surface area contributed by atoms with E-state index in [4.69, 9.17) is 5.73 Å². The first-order valence-corrected chi connectivity index (χ1v) is 9.03. The van der Waals surface area contributed by atoms with Gasteiger partial charge in [0.05, 0.1) is 22.5 Å². The van der Waals surface area contributed by atoms with Gasteiger partial charge in [-0.3, -0.25) is 4.79 Å². The van der Waals surface area contributed by atoms with Crippen LogP contribution in [0, 0.1) is 0 Å². The molecule has 4 rings (SSSR count). The Balaban J connectivity index is 1.71. The van der Waals surface area contributed by atoms with E-state index in [1.807, 2.05) is 29.2 Å². The highest BCUT2D eigenvalue weighted by molar-refractivity contribution is 6.11. The summed E-state index contributed by atoms with van der Waals surface area (Å²) in [5.41, 5.74) is 11.0. The van der Waals surface area contributed by atoms with Gasteiger partial charge in [-0.1, -0.05) is 30.3 Å². The fraction of sp³-hybridized carbons (Fsp3) is 0.381. The molecule has 2 aliphatic rings. The lowest BCUT2D eigenvalue weighted by Gasteiger charge is -2.24. The number of amides is 1. The molecule has 1 amide bonds. The third kappa shape index (κ3) is 2.39. The van der Waals surface area contributed by atoms with Crippen LogP contribution < -0.4 is 16.0 Å². The van der Waals surface area contributed by atoms with Gasteiger partial charge < -0.3 is 16.0 Å². The molecule has 1 aliphatic carbocycles. The van der Waals surface area contributed by atoms with Crippen LogP contribution in [0.5, 0.6) is 0 Å². The van der Waals surface area contributed by atoms with E-state index in [1.165, 1.54) is 5.56 Å². The van der Waals surface area contributed by atoms with Crippen molar-refractivity contribution < 1.29 is 4.79 Å². The van der Waals surface area contributed by atoms with Crippen molar-refractivity contribution in [3.05, 3.63) is 53.6 Å². The van der Waals surface area contributed by atoms with Crippen LogP contribution in [0.15, 0.2) is 42.5 Å². The minimum atomic E-state index is -0.294. The number of anilines is 3. The smallest absolute Gasteiger partial charge is 0.237 e. The number of carbonyl (C=O) groups excluding carboxylic acids is 1. The van der Waals surface area contributed by atoms with Crippen molar-refractivity contribution in [1.29, 1.82) is 0 Å². The zero-order valence-electron chi connectivity index (χ0n) is 15.0. The molecule has 1 spiro atoms. The number of nitrogens with one attached hydrogen (secondary N) is 1. The molecule has 0 unspecified atom stereocenters. The molecule has 1 heterocycles. The Labute approximate surface area is 149 Å². The zero-order chi connectivity index (χ0) is 17.8. The summed E-state index contributed by atoms with van der Waals surface area (Å²) in [7, 11) is 0. The van der Waals surface area contributed by atoms with Crippen molar-refractivity contribution in [2.24, 2.45) is 0 Å². The quantitative estimate of drug-likeness (QED) is 0.822. The number of rotatable bonds is 4. The summed E-state index contributed by atoms with van der Waals surface area (Å²) in [4.78, 5) is 14.9. The van der Waals surface area contributed by atoms with E-state index in [0.29, 0.717) is 5.69 Å². The lowest BCUT2D eigenvalue weighted by molar-refractivity contribution is -0.120. The molecule has 4 nitrogen and oxygen atoms in total. The molecule has 4 heteroatoms. The lowest BCUT2D eigenvalue weighted by atomic mass is 9.96. The Kier molecular flexibility index (Phi) is 3.53. The fourth-order valence-corrected chi connectivity index (χ4v) is 3.95. The highest BCUT2D eigenvalue weighted by atomic mass is 16.2. The SMILES string of the molecule is CC(C)N1C(=O)C2(CC2)c2cc(N)c(N[C@@H](C)c3ccccc3)cc21. The zero-order valence-corrected chi connectivity index (χ0v) is 15.0. The second kappa shape index (κ2) is 5.51. The Morgan fingerprint density at radius 1 is 1.12 bits per heavy atom. The molecule has 0 aromatic heterocycles. The summed E-state index contributed by atoms with van der Waals surface area (Å²) in [6.07, 6.45) is 1.88. The van der Waals surface area contributed by atoms with Crippen molar-refractivity contribution in [1.82, 2.24) is 0 Å². The standard InChI is InChI=1S/C21H25N3O/c1-13(2)24-19-12-18(23-14(3)15-7-5-4-6-8-15)17(22)11-16(19)21(9-10-21)20(24)25/h4-8,11-14,23H,9-10,22H2,1-3H3/t14-/m0/s1. The average molecular weight is 335 g/mol. The van der Waals surface area contributed by atoms with Crippen LogP contribution in [0.25, 0.3) is 0 Å². The van der Waals surface area contributed by atoms with Crippen LogP contribution in [-0.2, 0) is 10.2 Å². The van der Waals surface area contributed by atoms with E-state index >= 15 is 0 Å². The summed E-state index contributed by atoms with van der Waals surface area (Å²) in [5, 5.41) is 3.52. The van der Waals surface area contributed by atoms with Gasteiger partial charge >= 0.3 is 0 Å². The summed E-state index contributed by atoms with van der Waals surface area (Å²) in [5.74, 6) is 0.241. The molecule has 25 heavy (non-hydrogen) atoms. The minimum Gasteiger partial charge on any atom is -0.397 e. The Bertz CT molecular complexity index is 825. The van der Waals surface area contributed by atoms with E-state index in [9.17, 15) is 4.79 Å². The van der Waals surface area contributed by atoms with E-state index in [1.54, 1.807) is 0 Å². The van der Waals surface area contributed by atoms with Crippen molar-refractivity contribution in [2.45, 2.75) is 51.1 Å². The predicted octanol–water partition coefficient (Wildman–Crippen LogP) is 4.23. The molecule has 0 radical (unpaired) electrons. The molecule has 130 valence electrons. The van der Waals surface area contributed by atoms with Gasteiger partial charge in [0.2, 0.25) is 5.91 Å². The van der Waals surface area contributed by atoms with Crippen LogP contribution in [-0.4, -0.2) is 11.9 Å². The third-order valence-electron chi connectivity index (χ3n) is 5.51. The largest absolute Gasteiger partial charge is 0.397 e. The summed E-state index contributed by atoms with van der Waals surface area (Å²) in [6, 6.07) is 14.7. The summed E-state index contributed by atoms with van der Waals surface area (Å²) >= 11 is 0. The van der Waals surface area contributed by atoms with Crippen molar-refractivity contribution >= 4 is 23.0 Å². The van der Waals surface area contributed by atoms with Gasteiger partial charge in [0, 0.05) is 12.1 Å². The number of fused-ring (bicyclic) bond motifs is 2. The van der Waals surface area contributed by atoms with Crippen molar-refractivity contribution in [3.8, 4) is 0 Å². The molecular weight excluding hydrogens is 310 g/mol. The van der Waals surface area contributed by atoms with Gasteiger partial charge in [-0.2, -0.15) is 0 Å². The van der Waals surface area contributed by atoms with E-state index in [0.717, 1.165) is 29.8 Å². The average Bonchev–Trinajstić information content (AvgIpc) is 3.35. The first-order chi connectivity index (χ1) is 11.9. The minimum absolute atomic E-state index is 0.140. The Morgan fingerprint density at radius 2 is 1.80 bits per heavy atom. The van der Waals surface area contributed by atoms with Crippen LogP contribution in [0.3, 0.4) is 0 Å². The molecule has 0 bridgehead atoms. The van der Waals surface area contributed by atoms with Crippen LogP contribution in [0.1, 0.15) is 50.8 Å². The summed E-state index contributed by atoms with van der Waals surface area (Å²) < 4.78 is 0. The molecule has 1 aliphatic heterocycles. The number of nitrogen functional groups attached to an aromatic ring is 1. The van der Waals surface area contributed by atoms with E-state index < -0.39 is 0 Å². The van der Waals surface area contributed by atoms with Crippen LogP contribution in [0.4, 0.5) is 17.1 Å². The van der Waals surface area contributed by atoms with E-state index in [2.05, 4.69) is 44.3 Å². The van der Waals surface area contributed by atoms with Gasteiger partial charge in [0.15, 0.2) is 0 Å². The summed E-state index contributed by atoms with van der Waals surface area (Å²) in [6.45, 7) is 6.26. The monoisotopic (exact) mass is 335 g/mol. The fourth-order valence-electron chi connectivity index (χ4n) is 3.95. The molecule has 1 atom stereocenters. The second-order valence-electron chi connectivity index (χ2n) is 7.58. The number of nitrogens with two attached hydrogens (primary N) is 1. The third-order valence-corrected chi connectivity index (χ3v) is 5.51. The van der Waals surface area contributed by atoms with Gasteiger partial charge in [0.25, 0.3) is 0 Å². The van der Waals surface area contributed by atoms with Crippen molar-refractivity contribution in [3.63, 3.8) is 0 Å². The second-order valence-corrected chi connectivity index (χ2v) is 7.58. The lowest BCUT2D eigenvalue weighted by Crippen LogP contribution is -2.37. The molecule has 2 aromatic rings. The topological polar surface area (TPSA) is 58.4 Å². The highest BCUT2D eigenvalue weighted by Gasteiger charge is 2.59. The molecular formula is C21H25N3O. The van der Waals surface area contributed by atoms with E-state index in [-0.39, 0.29) is 23.4 Å². The number of nitrogens with zero attached hydrogens (tertiary/aromatic N) is 1. The molecule has 1 saturated carbocycles. The number of benzene rings is 2. The molecule has 2 aromatic carbocycles. The predicted molar refractivity (Wildman–Crippen MR) is 103 cm³/mol. The van der Waals surface area contributed by atoms with Gasteiger partial charge in [0.1, 0.15) is 0 Å². The Hall–Kier alpha value is -2.49. The molecule has 0 saturated heterocycles. The number of carbonyl (C=O) groups is 1. The maximum absolute atomic E-state index is 12.9. The first-order valence-electron chi connectivity index (χ1n) is 9.03. The molecule has 1 fully saturated rings. The number of hydrogen-bond donors (Lipinski definition) is 2. The maximum atomic E-state index is 12.9. The number of hydrogen-bond acceptors (Lipinski definition) is 3. The first kappa shape index (κ1) is 16.0. The van der Waals surface area contributed by atoms with Crippen LogP contribution >= 0.6 is 0 Å². The van der Waals surface area contributed by atoms with Gasteiger partial charge in [-0.15, -0.1) is 0 Å². The van der Waals surface area contributed by atoms with Crippen molar-refractivity contribution in [2.75, 3.05) is 16.0 Å². The maximum Gasteiger partial charge on any atom is 0.237 e. The highest BCUT2D eigenvalue weighted by Crippen LogP contribution is 2.59. The molecule has 3 N–H and O–H groups in total.